The molecule has 0 unspecified atom stereocenters. The van der Waals surface area contributed by atoms with Gasteiger partial charge in [-0.25, -0.2) is 9.37 Å². The van der Waals surface area contributed by atoms with Gasteiger partial charge in [0.05, 0.1) is 34.4 Å². The van der Waals surface area contributed by atoms with E-state index in [0.717, 1.165) is 10.9 Å². The highest BCUT2D eigenvalue weighted by Gasteiger charge is 2.17. The highest BCUT2D eigenvalue weighted by atomic mass is 79.9. The van der Waals surface area contributed by atoms with Gasteiger partial charge in [-0.05, 0) is 61.4 Å². The highest BCUT2D eigenvalue weighted by Crippen LogP contribution is 2.36. The number of ether oxygens (including phenoxy) is 2. The summed E-state index contributed by atoms with van der Waals surface area (Å²) < 4.78 is 27.3. The molecule has 1 amide bonds. The minimum atomic E-state index is -0.568. The van der Waals surface area contributed by atoms with Crippen LogP contribution in [0.2, 0.25) is 5.02 Å². The van der Waals surface area contributed by atoms with Crippen molar-refractivity contribution in [2.45, 2.75) is 33.1 Å². The van der Waals surface area contributed by atoms with Crippen LogP contribution in [0.15, 0.2) is 69.0 Å². The van der Waals surface area contributed by atoms with Gasteiger partial charge in [-0.2, -0.15) is 9.78 Å². The minimum Gasteiger partial charge on any atom is -0.490 e. The van der Waals surface area contributed by atoms with Crippen LogP contribution in [0.4, 0.5) is 10.1 Å². The number of aromatic nitrogens is 2. The van der Waals surface area contributed by atoms with Crippen LogP contribution in [0.5, 0.6) is 11.5 Å². The van der Waals surface area contributed by atoms with Crippen molar-refractivity contribution in [1.82, 2.24) is 9.66 Å². The number of halogens is 3. The SMILES string of the molecule is CCOc1cc(C=Nn2c([C@H](C)CC)nc3ccc(Br)cc3c2=O)cc(Cl)c1OCC(=O)Nc1ccccc1F. The summed E-state index contributed by atoms with van der Waals surface area (Å²) in [6.07, 6.45) is 2.25. The van der Waals surface area contributed by atoms with Crippen molar-refractivity contribution < 1.29 is 18.7 Å². The normalized spacial score (nSPS) is 12.1. The third-order valence-corrected chi connectivity index (χ3v) is 6.81. The summed E-state index contributed by atoms with van der Waals surface area (Å²) in [5.41, 5.74) is 0.876. The molecule has 1 atom stereocenters. The second-order valence-electron chi connectivity index (χ2n) is 8.88. The van der Waals surface area contributed by atoms with Gasteiger partial charge in [0.25, 0.3) is 11.5 Å². The Morgan fingerprint density at radius 3 is 2.70 bits per heavy atom. The zero-order valence-electron chi connectivity index (χ0n) is 22.1. The molecule has 0 spiro atoms. The van der Waals surface area contributed by atoms with E-state index in [9.17, 15) is 14.0 Å². The van der Waals surface area contributed by atoms with Gasteiger partial charge in [-0.1, -0.05) is 53.5 Å². The fraction of sp³-hybridized carbons (Fsp3) is 0.241. The molecule has 4 aromatic rings. The average Bonchev–Trinajstić information content (AvgIpc) is 2.93. The van der Waals surface area contributed by atoms with E-state index in [1.165, 1.54) is 29.1 Å². The lowest BCUT2D eigenvalue weighted by atomic mass is 10.1. The Kier molecular flexibility index (Phi) is 9.54. The molecule has 0 aliphatic heterocycles. The van der Waals surface area contributed by atoms with Gasteiger partial charge >= 0.3 is 0 Å². The van der Waals surface area contributed by atoms with Crippen molar-refractivity contribution in [1.29, 1.82) is 0 Å². The Labute approximate surface area is 243 Å². The Hall–Kier alpha value is -3.76. The Morgan fingerprint density at radius 1 is 1.20 bits per heavy atom. The van der Waals surface area contributed by atoms with Crippen molar-refractivity contribution in [2.24, 2.45) is 5.10 Å². The fourth-order valence-electron chi connectivity index (χ4n) is 3.86. The number of nitrogens with one attached hydrogen (secondary N) is 1. The van der Waals surface area contributed by atoms with E-state index >= 15 is 0 Å². The van der Waals surface area contributed by atoms with Crippen LogP contribution < -0.4 is 20.3 Å². The Bertz CT molecular complexity index is 1640. The number of amides is 1. The van der Waals surface area contributed by atoms with Gasteiger partial charge in [0.2, 0.25) is 0 Å². The van der Waals surface area contributed by atoms with Crippen LogP contribution in [0.1, 0.15) is 44.5 Å². The van der Waals surface area contributed by atoms with E-state index in [1.807, 2.05) is 19.9 Å². The number of hydrogen-bond donors (Lipinski definition) is 1. The summed E-state index contributed by atoms with van der Waals surface area (Å²) in [5, 5.41) is 7.53. The predicted molar refractivity (Wildman–Crippen MR) is 159 cm³/mol. The summed E-state index contributed by atoms with van der Waals surface area (Å²) in [5.74, 6) is -0.175. The Balaban J connectivity index is 1.63. The van der Waals surface area contributed by atoms with Gasteiger partial charge in [0.1, 0.15) is 11.6 Å². The minimum absolute atomic E-state index is 0.0215. The predicted octanol–water partition coefficient (Wildman–Crippen LogP) is 6.76. The summed E-state index contributed by atoms with van der Waals surface area (Å²) in [7, 11) is 0. The third kappa shape index (κ3) is 6.68. The zero-order valence-corrected chi connectivity index (χ0v) is 24.4. The first-order valence-corrected chi connectivity index (χ1v) is 13.8. The molecule has 0 radical (unpaired) electrons. The van der Waals surface area contributed by atoms with E-state index in [-0.39, 0.29) is 33.7 Å². The van der Waals surface area contributed by atoms with Crippen LogP contribution in [-0.2, 0) is 4.79 Å². The Morgan fingerprint density at radius 2 is 1.98 bits per heavy atom. The van der Waals surface area contributed by atoms with Gasteiger partial charge in [0.15, 0.2) is 18.1 Å². The maximum Gasteiger partial charge on any atom is 0.282 e. The molecule has 0 bridgehead atoms. The summed E-state index contributed by atoms with van der Waals surface area (Å²) >= 11 is 9.92. The smallest absolute Gasteiger partial charge is 0.282 e. The molecule has 0 aliphatic carbocycles. The van der Waals surface area contributed by atoms with Gasteiger partial charge in [-0.3, -0.25) is 9.59 Å². The number of hydrogen-bond acceptors (Lipinski definition) is 6. The van der Waals surface area contributed by atoms with E-state index in [2.05, 4.69) is 26.3 Å². The van der Waals surface area contributed by atoms with Gasteiger partial charge in [0, 0.05) is 10.4 Å². The monoisotopic (exact) mass is 628 g/mol. The second kappa shape index (κ2) is 13.1. The summed E-state index contributed by atoms with van der Waals surface area (Å²) in [6.45, 7) is 5.67. The first-order valence-electron chi connectivity index (χ1n) is 12.6. The highest BCUT2D eigenvalue weighted by molar-refractivity contribution is 9.10. The van der Waals surface area contributed by atoms with Gasteiger partial charge in [-0.15, -0.1) is 0 Å². The van der Waals surface area contributed by atoms with Crippen molar-refractivity contribution in [3.63, 3.8) is 0 Å². The van der Waals surface area contributed by atoms with Crippen LogP contribution in [-0.4, -0.2) is 35.0 Å². The average molecular weight is 630 g/mol. The molecule has 1 aromatic heterocycles. The van der Waals surface area contributed by atoms with Crippen LogP contribution in [0, 0.1) is 5.82 Å². The number of anilines is 1. The number of carbonyl (C=O) groups is 1. The maximum absolute atomic E-state index is 13.9. The number of fused-ring (bicyclic) bond motifs is 1. The van der Waals surface area contributed by atoms with Crippen LogP contribution in [0.25, 0.3) is 10.9 Å². The zero-order chi connectivity index (χ0) is 28.8. The van der Waals surface area contributed by atoms with Crippen molar-refractivity contribution in [2.75, 3.05) is 18.5 Å². The molecule has 0 fully saturated rings. The molecule has 0 saturated heterocycles. The molecule has 8 nitrogen and oxygen atoms in total. The molecule has 0 aliphatic rings. The van der Waals surface area contributed by atoms with E-state index < -0.39 is 18.3 Å². The standard InChI is InChI=1S/C29H27BrClFN4O4/c1-4-17(3)28-35-23-11-10-19(30)14-20(23)29(38)36(28)33-15-18-12-21(31)27(25(13-18)39-5-2)40-16-26(37)34-24-9-7-6-8-22(24)32/h6-15,17H,4-5,16H2,1-3H3,(H,34,37)/t17-/m1/s1. The molecule has 11 heteroatoms. The lowest BCUT2D eigenvalue weighted by molar-refractivity contribution is -0.118. The summed E-state index contributed by atoms with van der Waals surface area (Å²) in [6, 6.07) is 14.4. The van der Waals surface area contributed by atoms with Gasteiger partial charge < -0.3 is 14.8 Å². The van der Waals surface area contributed by atoms with E-state index in [0.29, 0.717) is 28.9 Å². The fourth-order valence-corrected chi connectivity index (χ4v) is 4.49. The van der Waals surface area contributed by atoms with E-state index in [4.69, 9.17) is 26.1 Å². The molecule has 0 saturated carbocycles. The molecule has 40 heavy (non-hydrogen) atoms. The quantitative estimate of drug-likeness (QED) is 0.196. The number of nitrogens with zero attached hydrogens (tertiary/aromatic N) is 3. The molecular weight excluding hydrogens is 603 g/mol. The first-order chi connectivity index (χ1) is 19.2. The topological polar surface area (TPSA) is 94.8 Å². The number of benzene rings is 3. The van der Waals surface area contributed by atoms with E-state index in [1.54, 1.807) is 37.3 Å². The molecule has 3 aromatic carbocycles. The van der Waals surface area contributed by atoms with Crippen LogP contribution in [0.3, 0.4) is 0 Å². The maximum atomic E-state index is 13.9. The molecule has 1 N–H and O–H groups in total. The van der Waals surface area contributed by atoms with Crippen molar-refractivity contribution >= 4 is 56.2 Å². The van der Waals surface area contributed by atoms with Crippen molar-refractivity contribution in [3.8, 4) is 11.5 Å². The molecule has 4 rings (SSSR count). The largest absolute Gasteiger partial charge is 0.490 e. The molecular formula is C29H27BrClFN4O4. The number of carbonyl (C=O) groups excluding carboxylic acids is 1. The number of para-hydroxylation sites is 1. The summed E-state index contributed by atoms with van der Waals surface area (Å²) in [4.78, 5) is 30.5. The first kappa shape index (κ1) is 29.2. The lowest BCUT2D eigenvalue weighted by Crippen LogP contribution is -2.23. The second-order valence-corrected chi connectivity index (χ2v) is 10.2. The molecule has 208 valence electrons. The van der Waals surface area contributed by atoms with Crippen molar-refractivity contribution in [3.05, 3.63) is 91.7 Å². The number of rotatable bonds is 10. The molecule has 1 heterocycles. The third-order valence-electron chi connectivity index (χ3n) is 6.04. The van der Waals surface area contributed by atoms with Crippen LogP contribution >= 0.6 is 27.5 Å². The lowest BCUT2D eigenvalue weighted by Gasteiger charge is -2.15.